The van der Waals surface area contributed by atoms with Gasteiger partial charge in [0.15, 0.2) is 0 Å². The molecule has 1 atom stereocenters. The van der Waals surface area contributed by atoms with E-state index >= 15 is 0 Å². The molecule has 0 saturated carbocycles. The Kier molecular flexibility index (Phi) is 5.55. The summed E-state index contributed by atoms with van der Waals surface area (Å²) >= 11 is 6.24. The van der Waals surface area contributed by atoms with Gasteiger partial charge >= 0.3 is 0 Å². The largest absolute Gasteiger partial charge is 0.368 e. The van der Waals surface area contributed by atoms with Gasteiger partial charge in [-0.3, -0.25) is 0 Å². The first-order valence-corrected chi connectivity index (χ1v) is 9.64. The van der Waals surface area contributed by atoms with Crippen LogP contribution in [0.5, 0.6) is 0 Å². The molecule has 2 heterocycles. The predicted octanol–water partition coefficient (Wildman–Crippen LogP) is 4.40. The van der Waals surface area contributed by atoms with Crippen LogP contribution in [0.15, 0.2) is 73.6 Å². The monoisotopic (exact) mass is 404 g/mol. The fourth-order valence-electron chi connectivity index (χ4n) is 3.00. The van der Waals surface area contributed by atoms with Crippen molar-refractivity contribution in [3.63, 3.8) is 0 Å². The summed E-state index contributed by atoms with van der Waals surface area (Å²) < 4.78 is 1.95. The number of hydrogen-bond acceptors (Lipinski definition) is 5. The highest BCUT2D eigenvalue weighted by Gasteiger charge is 2.08. The smallest absolute Gasteiger partial charge is 0.130 e. The van der Waals surface area contributed by atoms with E-state index in [9.17, 15) is 0 Å². The minimum absolute atomic E-state index is 0.168. The number of aromatic nitrogens is 4. The summed E-state index contributed by atoms with van der Waals surface area (Å²) in [5.41, 5.74) is 11.2. The normalized spacial score (nSPS) is 12.0. The van der Waals surface area contributed by atoms with Gasteiger partial charge < -0.3 is 15.6 Å². The van der Waals surface area contributed by atoms with Crippen molar-refractivity contribution in [1.29, 1.82) is 0 Å². The summed E-state index contributed by atoms with van der Waals surface area (Å²) in [6, 6.07) is 15.7. The molecule has 0 aliphatic heterocycles. The predicted molar refractivity (Wildman–Crippen MR) is 116 cm³/mol. The SMILES string of the molecule is Cc1ccc(-c2cc(NC[C@H](N)c3ccc(-n4ccnc4)cc3)ncn2)cc1Cl. The first-order valence-electron chi connectivity index (χ1n) is 9.26. The van der Waals surface area contributed by atoms with Crippen LogP contribution in [0, 0.1) is 6.92 Å². The summed E-state index contributed by atoms with van der Waals surface area (Å²) in [7, 11) is 0. The molecule has 3 N–H and O–H groups in total. The maximum atomic E-state index is 6.35. The summed E-state index contributed by atoms with van der Waals surface area (Å²) in [6.07, 6.45) is 6.97. The summed E-state index contributed by atoms with van der Waals surface area (Å²) in [6.45, 7) is 2.53. The van der Waals surface area contributed by atoms with Crippen molar-refractivity contribution in [3.8, 4) is 16.9 Å². The van der Waals surface area contributed by atoms with Crippen LogP contribution in [0.25, 0.3) is 16.9 Å². The van der Waals surface area contributed by atoms with Gasteiger partial charge in [-0.2, -0.15) is 0 Å². The molecule has 0 spiro atoms. The van der Waals surface area contributed by atoms with E-state index in [4.69, 9.17) is 17.3 Å². The highest BCUT2D eigenvalue weighted by atomic mass is 35.5. The molecule has 0 aliphatic carbocycles. The summed E-state index contributed by atoms with van der Waals surface area (Å²) in [5, 5.41) is 4.02. The second kappa shape index (κ2) is 8.43. The lowest BCUT2D eigenvalue weighted by Gasteiger charge is -2.15. The van der Waals surface area contributed by atoms with Crippen LogP contribution in [-0.2, 0) is 0 Å². The zero-order valence-electron chi connectivity index (χ0n) is 16.0. The Morgan fingerprint density at radius 1 is 1.10 bits per heavy atom. The van der Waals surface area contributed by atoms with Gasteiger partial charge in [-0.25, -0.2) is 15.0 Å². The van der Waals surface area contributed by atoms with Crippen LogP contribution in [0.3, 0.4) is 0 Å². The Bertz CT molecular complexity index is 1090. The number of anilines is 1. The van der Waals surface area contributed by atoms with Gasteiger partial charge in [0.2, 0.25) is 0 Å². The molecular weight excluding hydrogens is 384 g/mol. The first-order chi connectivity index (χ1) is 14.1. The Labute approximate surface area is 174 Å². The maximum Gasteiger partial charge on any atom is 0.130 e. The Hall–Kier alpha value is -3.22. The molecule has 0 aliphatic rings. The molecule has 2 aromatic heterocycles. The van der Waals surface area contributed by atoms with Gasteiger partial charge in [-0.15, -0.1) is 0 Å². The molecule has 0 radical (unpaired) electrons. The molecule has 4 aromatic rings. The van der Waals surface area contributed by atoms with Crippen molar-refractivity contribution in [2.75, 3.05) is 11.9 Å². The topological polar surface area (TPSA) is 81.6 Å². The van der Waals surface area contributed by atoms with E-state index < -0.39 is 0 Å². The van der Waals surface area contributed by atoms with Crippen LogP contribution >= 0.6 is 11.6 Å². The molecule has 146 valence electrons. The zero-order chi connectivity index (χ0) is 20.2. The number of nitrogens with two attached hydrogens (primary N) is 1. The molecule has 0 fully saturated rings. The number of benzene rings is 2. The fraction of sp³-hybridized carbons (Fsp3) is 0.136. The van der Waals surface area contributed by atoms with Crippen molar-refractivity contribution in [1.82, 2.24) is 19.5 Å². The standard InChI is InChI=1S/C22H21ClN6/c1-15-2-3-17(10-19(15)23)21-11-22(28-13-27-21)26-12-20(24)16-4-6-18(7-5-16)29-9-8-25-14-29/h2-11,13-14,20H,12,24H2,1H3,(H,26,27,28)/t20-/m0/s1. The van der Waals surface area contributed by atoms with Gasteiger partial charge in [0, 0.05) is 47.3 Å². The lowest BCUT2D eigenvalue weighted by atomic mass is 10.1. The van der Waals surface area contributed by atoms with Gasteiger partial charge in [0.25, 0.3) is 0 Å². The number of aryl methyl sites for hydroxylation is 1. The van der Waals surface area contributed by atoms with E-state index in [0.717, 1.165) is 38.9 Å². The van der Waals surface area contributed by atoms with Crippen LogP contribution in [0.2, 0.25) is 5.02 Å². The van der Waals surface area contributed by atoms with Crippen molar-refractivity contribution in [2.24, 2.45) is 5.73 Å². The second-order valence-corrected chi connectivity index (χ2v) is 7.21. The third kappa shape index (κ3) is 4.45. The van der Waals surface area contributed by atoms with Crippen molar-refractivity contribution in [2.45, 2.75) is 13.0 Å². The number of nitrogens with one attached hydrogen (secondary N) is 1. The Morgan fingerprint density at radius 3 is 2.66 bits per heavy atom. The van der Waals surface area contributed by atoms with E-state index in [-0.39, 0.29) is 6.04 Å². The molecule has 29 heavy (non-hydrogen) atoms. The summed E-state index contributed by atoms with van der Waals surface area (Å²) in [5.74, 6) is 0.720. The third-order valence-electron chi connectivity index (χ3n) is 4.76. The number of imidazole rings is 1. The number of rotatable bonds is 6. The van der Waals surface area contributed by atoms with E-state index in [2.05, 4.69) is 20.3 Å². The maximum absolute atomic E-state index is 6.35. The summed E-state index contributed by atoms with van der Waals surface area (Å²) in [4.78, 5) is 12.7. The Balaban J connectivity index is 1.42. The number of halogens is 1. The Morgan fingerprint density at radius 2 is 1.93 bits per heavy atom. The molecule has 2 aromatic carbocycles. The van der Waals surface area contributed by atoms with Gasteiger partial charge in [-0.1, -0.05) is 35.9 Å². The van der Waals surface area contributed by atoms with E-state index in [1.54, 1.807) is 12.5 Å². The van der Waals surface area contributed by atoms with Crippen molar-refractivity contribution >= 4 is 17.4 Å². The molecule has 0 saturated heterocycles. The van der Waals surface area contributed by atoms with Crippen molar-refractivity contribution in [3.05, 3.63) is 89.7 Å². The van der Waals surface area contributed by atoms with Gasteiger partial charge in [-0.05, 0) is 36.2 Å². The van der Waals surface area contributed by atoms with Crippen molar-refractivity contribution < 1.29 is 0 Å². The molecular formula is C22H21ClN6. The second-order valence-electron chi connectivity index (χ2n) is 6.80. The zero-order valence-corrected chi connectivity index (χ0v) is 16.7. The fourth-order valence-corrected chi connectivity index (χ4v) is 3.18. The minimum atomic E-state index is -0.168. The van der Waals surface area contributed by atoms with Crippen LogP contribution < -0.4 is 11.1 Å². The molecule has 4 rings (SSSR count). The highest BCUT2D eigenvalue weighted by Crippen LogP contribution is 2.25. The molecule has 0 bridgehead atoms. The van der Waals surface area contributed by atoms with Crippen LogP contribution in [0.4, 0.5) is 5.82 Å². The average Bonchev–Trinajstić information content (AvgIpc) is 3.29. The molecule has 0 unspecified atom stereocenters. The molecule has 7 heteroatoms. The van der Waals surface area contributed by atoms with Crippen LogP contribution in [-0.4, -0.2) is 26.1 Å². The van der Waals surface area contributed by atoms with Gasteiger partial charge in [0.1, 0.15) is 12.1 Å². The van der Waals surface area contributed by atoms with Gasteiger partial charge in [0.05, 0.1) is 12.0 Å². The highest BCUT2D eigenvalue weighted by molar-refractivity contribution is 6.31. The molecule has 6 nitrogen and oxygen atoms in total. The average molecular weight is 405 g/mol. The number of nitrogens with zero attached hydrogens (tertiary/aromatic N) is 4. The van der Waals surface area contributed by atoms with E-state index in [0.29, 0.717) is 6.54 Å². The molecule has 0 amide bonds. The first kappa shape index (κ1) is 19.1. The van der Waals surface area contributed by atoms with E-state index in [1.165, 1.54) is 6.33 Å². The lowest BCUT2D eigenvalue weighted by molar-refractivity contribution is 0.761. The number of hydrogen-bond donors (Lipinski definition) is 2. The quantitative estimate of drug-likeness (QED) is 0.497. The third-order valence-corrected chi connectivity index (χ3v) is 5.17. The lowest BCUT2D eigenvalue weighted by Crippen LogP contribution is -2.21. The van der Waals surface area contributed by atoms with Crippen LogP contribution in [0.1, 0.15) is 17.2 Å². The van der Waals surface area contributed by atoms with E-state index in [1.807, 2.05) is 66.2 Å². The minimum Gasteiger partial charge on any atom is -0.368 e.